The number of aryl methyl sites for hydroxylation is 3. The van der Waals surface area contributed by atoms with Crippen LogP contribution in [0.2, 0.25) is 5.02 Å². The predicted octanol–water partition coefficient (Wildman–Crippen LogP) is 13.3. The highest BCUT2D eigenvalue weighted by Crippen LogP contribution is 2.57. The summed E-state index contributed by atoms with van der Waals surface area (Å²) < 4.78 is 45.1. The van der Waals surface area contributed by atoms with Crippen LogP contribution >= 0.6 is 11.6 Å². The minimum atomic E-state index is -4.00. The number of nitrogens with one attached hydrogen (secondary N) is 1. The van der Waals surface area contributed by atoms with E-state index in [-0.39, 0.29) is 28.7 Å². The molecule has 0 radical (unpaired) electrons. The molecule has 0 saturated heterocycles. The van der Waals surface area contributed by atoms with E-state index in [9.17, 15) is 17.6 Å². The van der Waals surface area contributed by atoms with E-state index >= 15 is 0 Å². The van der Waals surface area contributed by atoms with Crippen LogP contribution in [0.25, 0.3) is 0 Å². The second kappa shape index (κ2) is 17.3. The predicted molar refractivity (Wildman–Crippen MR) is 198 cm³/mol. The number of alkyl halides is 3. The first-order valence-electron chi connectivity index (χ1n) is 18.3. The number of rotatable bonds is 13. The third-order valence-electron chi connectivity index (χ3n) is 10.9. The summed E-state index contributed by atoms with van der Waals surface area (Å²) in [4.78, 5) is 0. The van der Waals surface area contributed by atoms with E-state index in [2.05, 4.69) is 80.9 Å². The van der Waals surface area contributed by atoms with Crippen molar-refractivity contribution in [2.24, 2.45) is 5.92 Å². The number of anilines is 1. The molecule has 3 aromatic carbocycles. The van der Waals surface area contributed by atoms with Crippen LogP contribution in [-0.2, 0) is 31.1 Å². The molecule has 1 saturated carbocycles. The highest BCUT2D eigenvalue weighted by molar-refractivity contribution is 6.31. The standard InChI is InChI=1S/C41H51ClFN.C2H3F3/c1-5-12-32-19-20-33-28-35(14-11-9-10-13-31-17-15-30(6-2)16-18-31)40(37(33)27-32)23-25-41(26-24-40,34(7-3)8-4)44-36-21-22-39(43)38(42)29-36;1-2(3,4)5/h15-22,27,29,35,44H,3,5-6,8-14,23-26,28H2,1-2,4H3;1H3. The fourth-order valence-corrected chi connectivity index (χ4v) is 8.57. The molecule has 1 N–H and O–H groups in total. The Bertz CT molecular complexity index is 1550. The van der Waals surface area contributed by atoms with Gasteiger partial charge in [-0.15, -0.1) is 5.73 Å². The van der Waals surface area contributed by atoms with E-state index in [1.807, 2.05) is 6.07 Å². The molecular weight excluding hydrogens is 642 g/mol. The molecule has 49 heavy (non-hydrogen) atoms. The molecular formula is C43H54ClF4N. The largest absolute Gasteiger partial charge is 0.386 e. The second-order valence-electron chi connectivity index (χ2n) is 14.2. The van der Waals surface area contributed by atoms with E-state index in [4.69, 9.17) is 11.6 Å². The number of hydrogen-bond acceptors (Lipinski definition) is 1. The summed E-state index contributed by atoms with van der Waals surface area (Å²) in [5.41, 5.74) is 12.9. The lowest BCUT2D eigenvalue weighted by molar-refractivity contribution is -0.110. The Morgan fingerprint density at radius 3 is 2.12 bits per heavy atom. The van der Waals surface area contributed by atoms with Crippen LogP contribution in [0.5, 0.6) is 0 Å². The van der Waals surface area contributed by atoms with Crippen LogP contribution in [0.15, 0.2) is 78.5 Å². The molecule has 1 unspecified atom stereocenters. The van der Waals surface area contributed by atoms with Crippen LogP contribution in [0.3, 0.4) is 0 Å². The van der Waals surface area contributed by atoms with Gasteiger partial charge in [-0.05, 0) is 134 Å². The summed E-state index contributed by atoms with van der Waals surface area (Å²) >= 11 is 6.21. The maximum Gasteiger partial charge on any atom is 0.386 e. The Morgan fingerprint density at radius 2 is 1.53 bits per heavy atom. The van der Waals surface area contributed by atoms with Crippen molar-refractivity contribution in [3.8, 4) is 0 Å². The zero-order valence-electron chi connectivity index (χ0n) is 29.8. The van der Waals surface area contributed by atoms with Gasteiger partial charge in [-0.3, -0.25) is 0 Å². The maximum absolute atomic E-state index is 14.0. The van der Waals surface area contributed by atoms with Gasteiger partial charge in [0.15, 0.2) is 0 Å². The summed E-state index contributed by atoms with van der Waals surface area (Å²) in [6, 6.07) is 21.6. The van der Waals surface area contributed by atoms with Crippen molar-refractivity contribution < 1.29 is 17.6 Å². The van der Waals surface area contributed by atoms with Crippen molar-refractivity contribution in [2.45, 2.75) is 135 Å². The highest BCUT2D eigenvalue weighted by Gasteiger charge is 2.52. The SMILES string of the molecule is C=C=C(CC)C1(Nc2ccc(F)c(Cl)c2)CCC2(CC1)c1cc(CCC)ccc1CC2CCCCCc1ccc(CC)cc1.CC(F)(F)F. The topological polar surface area (TPSA) is 12.0 Å². The molecule has 3 aromatic rings. The summed E-state index contributed by atoms with van der Waals surface area (Å²) in [5, 5.41) is 3.99. The van der Waals surface area contributed by atoms with E-state index in [0.717, 1.165) is 50.6 Å². The maximum atomic E-state index is 14.0. The van der Waals surface area contributed by atoms with Gasteiger partial charge < -0.3 is 5.32 Å². The van der Waals surface area contributed by atoms with Gasteiger partial charge in [0, 0.05) is 12.6 Å². The molecule has 6 heteroatoms. The Labute approximate surface area is 297 Å². The van der Waals surface area contributed by atoms with Crippen LogP contribution in [-0.4, -0.2) is 11.7 Å². The molecule has 1 spiro atoms. The normalized spacial score (nSPS) is 21.4. The van der Waals surface area contributed by atoms with Crippen molar-refractivity contribution in [1.29, 1.82) is 0 Å². The summed E-state index contributed by atoms with van der Waals surface area (Å²) in [7, 11) is 0. The molecule has 0 aromatic heterocycles. The monoisotopic (exact) mass is 695 g/mol. The molecule has 0 heterocycles. The zero-order chi connectivity index (χ0) is 35.7. The van der Waals surface area contributed by atoms with Crippen molar-refractivity contribution in [3.05, 3.63) is 117 Å². The Kier molecular flexibility index (Phi) is 13.7. The third-order valence-corrected chi connectivity index (χ3v) is 11.2. The van der Waals surface area contributed by atoms with Crippen molar-refractivity contribution in [1.82, 2.24) is 0 Å². The van der Waals surface area contributed by atoms with Crippen LogP contribution in [0.1, 0.15) is 120 Å². The molecule has 1 fully saturated rings. The summed E-state index contributed by atoms with van der Waals surface area (Å²) in [6.07, 6.45) is 12.1. The average molecular weight is 696 g/mol. The quantitative estimate of drug-likeness (QED) is 0.107. The first kappa shape index (κ1) is 38.8. The highest BCUT2D eigenvalue weighted by atomic mass is 35.5. The minimum Gasteiger partial charge on any atom is -0.375 e. The molecule has 2 aliphatic rings. The van der Waals surface area contributed by atoms with Gasteiger partial charge in [-0.2, -0.15) is 13.2 Å². The minimum absolute atomic E-state index is 0.157. The smallest absolute Gasteiger partial charge is 0.375 e. The van der Waals surface area contributed by atoms with Gasteiger partial charge in [0.25, 0.3) is 0 Å². The molecule has 2 aliphatic carbocycles. The van der Waals surface area contributed by atoms with Gasteiger partial charge in [-0.1, -0.05) is 101 Å². The average Bonchev–Trinajstić information content (AvgIpc) is 3.36. The van der Waals surface area contributed by atoms with Gasteiger partial charge in [0.05, 0.1) is 10.6 Å². The lowest BCUT2D eigenvalue weighted by Gasteiger charge is -2.49. The number of benzene rings is 3. The third kappa shape index (κ3) is 10.0. The van der Waals surface area contributed by atoms with Crippen molar-refractivity contribution in [3.63, 3.8) is 0 Å². The molecule has 1 atom stereocenters. The Morgan fingerprint density at radius 1 is 0.878 bits per heavy atom. The molecule has 0 amide bonds. The second-order valence-corrected chi connectivity index (χ2v) is 14.6. The lowest BCUT2D eigenvalue weighted by atomic mass is 9.58. The number of fused-ring (bicyclic) bond motifs is 2. The Hall–Kier alpha value is -3.01. The van der Waals surface area contributed by atoms with Crippen molar-refractivity contribution in [2.75, 3.05) is 5.32 Å². The molecule has 266 valence electrons. The molecule has 5 rings (SSSR count). The van der Waals surface area contributed by atoms with Crippen LogP contribution < -0.4 is 5.32 Å². The summed E-state index contributed by atoms with van der Waals surface area (Å²) in [6.45, 7) is 11.0. The fraction of sp³-hybridized carbons (Fsp3) is 0.512. The van der Waals surface area contributed by atoms with E-state index < -0.39 is 6.18 Å². The first-order chi connectivity index (χ1) is 23.4. The molecule has 0 aliphatic heterocycles. The number of unbranched alkanes of at least 4 members (excludes halogenated alkanes) is 2. The van der Waals surface area contributed by atoms with Crippen LogP contribution in [0.4, 0.5) is 23.2 Å². The zero-order valence-corrected chi connectivity index (χ0v) is 30.6. The van der Waals surface area contributed by atoms with E-state index in [1.165, 1.54) is 73.3 Å². The van der Waals surface area contributed by atoms with Crippen molar-refractivity contribution >= 4 is 17.3 Å². The van der Waals surface area contributed by atoms with E-state index in [1.54, 1.807) is 17.2 Å². The van der Waals surface area contributed by atoms with E-state index in [0.29, 0.717) is 5.92 Å². The molecule has 0 bridgehead atoms. The lowest BCUT2D eigenvalue weighted by Crippen LogP contribution is -2.49. The molecule has 1 nitrogen and oxygen atoms in total. The van der Waals surface area contributed by atoms with Crippen LogP contribution in [0, 0.1) is 11.7 Å². The fourth-order valence-electron chi connectivity index (χ4n) is 8.39. The number of hydrogen-bond donors (Lipinski definition) is 1. The Balaban J connectivity index is 0.00000101. The van der Waals surface area contributed by atoms with Gasteiger partial charge in [0.1, 0.15) is 5.82 Å². The summed E-state index contributed by atoms with van der Waals surface area (Å²) in [5.74, 6) is 0.292. The van der Waals surface area contributed by atoms with Gasteiger partial charge in [0.2, 0.25) is 0 Å². The first-order valence-corrected chi connectivity index (χ1v) is 18.6. The number of halogens is 5. The van der Waals surface area contributed by atoms with Gasteiger partial charge in [-0.25, -0.2) is 4.39 Å². The van der Waals surface area contributed by atoms with Gasteiger partial charge >= 0.3 is 6.18 Å².